The Labute approximate surface area is 99.0 Å². The zero-order chi connectivity index (χ0) is 12.1. The summed E-state index contributed by atoms with van der Waals surface area (Å²) >= 11 is 1.53. The van der Waals surface area contributed by atoms with E-state index < -0.39 is 5.97 Å². The van der Waals surface area contributed by atoms with Gasteiger partial charge in [0.25, 0.3) is 0 Å². The first-order valence-corrected chi connectivity index (χ1v) is 5.74. The fraction of sp³-hybridized carbons (Fsp3) is 0.333. The van der Waals surface area contributed by atoms with Crippen molar-refractivity contribution in [2.45, 2.75) is 26.9 Å². The minimum atomic E-state index is -0.566. The van der Waals surface area contributed by atoms with Gasteiger partial charge in [-0.1, -0.05) is 0 Å². The molecule has 84 valence electrons. The smallest absolute Gasteiger partial charge is 0.349 e. The summed E-state index contributed by atoms with van der Waals surface area (Å²) in [5, 5.41) is 8.86. The second kappa shape index (κ2) is 5.47. The Morgan fingerprint density at radius 1 is 1.56 bits per heavy atom. The maximum Gasteiger partial charge on any atom is 0.349 e. The van der Waals surface area contributed by atoms with Gasteiger partial charge in [-0.25, -0.2) is 4.79 Å². The molecule has 1 heterocycles. The zero-order valence-corrected chi connectivity index (χ0v) is 10.3. The molecule has 0 saturated carbocycles. The first-order chi connectivity index (χ1) is 7.52. The summed E-state index contributed by atoms with van der Waals surface area (Å²) in [6, 6.07) is 5.68. The Hall–Kier alpha value is -1.60. The van der Waals surface area contributed by atoms with E-state index in [9.17, 15) is 4.79 Å². The Kier molecular flexibility index (Phi) is 4.27. The van der Waals surface area contributed by atoms with Crippen molar-refractivity contribution in [3.05, 3.63) is 27.5 Å². The molecule has 0 aliphatic carbocycles. The lowest BCUT2D eigenvalue weighted by atomic mass is 10.2. The summed E-state index contributed by atoms with van der Waals surface area (Å²) in [5.41, 5.74) is 0.0375. The molecule has 0 radical (unpaired) electrons. The van der Waals surface area contributed by atoms with Crippen molar-refractivity contribution < 1.29 is 9.53 Å². The molecular formula is C12H13NO2S. The van der Waals surface area contributed by atoms with Gasteiger partial charge in [-0.15, -0.1) is 11.3 Å². The molecule has 4 heteroatoms. The predicted octanol–water partition coefficient (Wildman–Crippen LogP) is 2.92. The highest BCUT2D eigenvalue weighted by molar-refractivity contribution is 7.12. The molecule has 0 spiro atoms. The lowest BCUT2D eigenvalue weighted by molar-refractivity contribution is -0.142. The van der Waals surface area contributed by atoms with Crippen LogP contribution in [0.3, 0.4) is 0 Å². The molecule has 0 N–H and O–H groups in total. The highest BCUT2D eigenvalue weighted by atomic mass is 32.1. The number of thiophene rings is 1. The number of carbonyl (C=O) groups is 1. The van der Waals surface area contributed by atoms with Crippen molar-refractivity contribution in [2.24, 2.45) is 0 Å². The second-order valence-corrected chi connectivity index (χ2v) is 4.89. The van der Waals surface area contributed by atoms with Crippen LogP contribution < -0.4 is 0 Å². The van der Waals surface area contributed by atoms with E-state index in [-0.39, 0.29) is 11.7 Å². The maximum absolute atomic E-state index is 11.5. The number of rotatable bonds is 3. The van der Waals surface area contributed by atoms with Crippen LogP contribution in [0.2, 0.25) is 0 Å². The van der Waals surface area contributed by atoms with Crippen LogP contribution in [0.5, 0.6) is 0 Å². The second-order valence-electron chi connectivity index (χ2n) is 3.57. The monoisotopic (exact) mass is 235 g/mol. The van der Waals surface area contributed by atoms with Gasteiger partial charge in [0.1, 0.15) is 11.6 Å². The van der Waals surface area contributed by atoms with Gasteiger partial charge in [0.05, 0.1) is 6.10 Å². The highest BCUT2D eigenvalue weighted by Crippen LogP contribution is 2.18. The van der Waals surface area contributed by atoms with Crippen molar-refractivity contribution in [1.82, 2.24) is 0 Å². The van der Waals surface area contributed by atoms with Crippen LogP contribution in [0.4, 0.5) is 0 Å². The standard InChI is InChI=1S/C12H13NO2S/c1-8(2)15-12(14)10(7-13)6-11-5-4-9(3)16-11/h4-6,8H,1-3H3/b10-6+. The largest absolute Gasteiger partial charge is 0.459 e. The van der Waals surface area contributed by atoms with Crippen molar-refractivity contribution in [3.8, 4) is 6.07 Å². The number of esters is 1. The van der Waals surface area contributed by atoms with Crippen LogP contribution in [0, 0.1) is 18.3 Å². The SMILES string of the molecule is Cc1ccc(/C=C(\C#N)C(=O)OC(C)C)s1. The molecule has 0 atom stereocenters. The van der Waals surface area contributed by atoms with Gasteiger partial charge in [-0.05, 0) is 39.0 Å². The summed E-state index contributed by atoms with van der Waals surface area (Å²) in [6.45, 7) is 5.48. The molecule has 0 amide bonds. The number of nitrogens with zero attached hydrogens (tertiary/aromatic N) is 1. The van der Waals surface area contributed by atoms with Crippen molar-refractivity contribution in [1.29, 1.82) is 5.26 Å². The van der Waals surface area contributed by atoms with E-state index >= 15 is 0 Å². The van der Waals surface area contributed by atoms with Crippen LogP contribution >= 0.6 is 11.3 Å². The van der Waals surface area contributed by atoms with E-state index in [1.807, 2.05) is 25.1 Å². The van der Waals surface area contributed by atoms with Crippen molar-refractivity contribution in [3.63, 3.8) is 0 Å². The van der Waals surface area contributed by atoms with E-state index in [2.05, 4.69) is 0 Å². The first-order valence-electron chi connectivity index (χ1n) is 4.92. The predicted molar refractivity (Wildman–Crippen MR) is 63.9 cm³/mol. The number of carbonyl (C=O) groups excluding carboxylic acids is 1. The van der Waals surface area contributed by atoms with Gasteiger partial charge in [-0.2, -0.15) is 5.26 Å². The summed E-state index contributed by atoms with van der Waals surface area (Å²) in [5.74, 6) is -0.566. The Bertz CT molecular complexity index is 452. The number of hydrogen-bond acceptors (Lipinski definition) is 4. The van der Waals surface area contributed by atoms with Gasteiger partial charge in [0.2, 0.25) is 0 Å². The van der Waals surface area contributed by atoms with Crippen LogP contribution in [0.15, 0.2) is 17.7 Å². The molecule has 0 aromatic carbocycles. The normalized spacial score (nSPS) is 11.3. The van der Waals surface area contributed by atoms with Gasteiger partial charge >= 0.3 is 5.97 Å². The third-order valence-corrected chi connectivity index (χ3v) is 2.68. The average Bonchev–Trinajstić information content (AvgIpc) is 2.59. The van der Waals surface area contributed by atoms with Gasteiger partial charge in [-0.3, -0.25) is 0 Å². The minimum absolute atomic E-state index is 0.0375. The summed E-state index contributed by atoms with van der Waals surface area (Å²) in [6.07, 6.45) is 1.34. The molecule has 1 rings (SSSR count). The first kappa shape index (κ1) is 12.5. The van der Waals surface area contributed by atoms with Gasteiger partial charge in [0.15, 0.2) is 0 Å². The van der Waals surface area contributed by atoms with E-state index in [0.29, 0.717) is 0 Å². The lowest BCUT2D eigenvalue weighted by Gasteiger charge is -2.05. The Morgan fingerprint density at radius 3 is 2.69 bits per heavy atom. The van der Waals surface area contributed by atoms with Crippen LogP contribution in [-0.2, 0) is 9.53 Å². The fourth-order valence-electron chi connectivity index (χ4n) is 1.09. The lowest BCUT2D eigenvalue weighted by Crippen LogP contribution is -2.12. The molecular weight excluding hydrogens is 222 g/mol. The number of hydrogen-bond donors (Lipinski definition) is 0. The summed E-state index contributed by atoms with van der Waals surface area (Å²) in [7, 11) is 0. The molecule has 1 aromatic heterocycles. The molecule has 0 aliphatic rings. The van der Waals surface area contributed by atoms with Crippen LogP contribution in [-0.4, -0.2) is 12.1 Å². The Morgan fingerprint density at radius 2 is 2.25 bits per heavy atom. The third kappa shape index (κ3) is 3.52. The highest BCUT2D eigenvalue weighted by Gasteiger charge is 2.12. The van der Waals surface area contributed by atoms with Crippen LogP contribution in [0.1, 0.15) is 23.6 Å². The zero-order valence-electron chi connectivity index (χ0n) is 9.48. The molecule has 0 unspecified atom stereocenters. The van der Waals surface area contributed by atoms with Gasteiger partial charge in [0, 0.05) is 9.75 Å². The molecule has 0 saturated heterocycles. The molecule has 3 nitrogen and oxygen atoms in total. The fourth-order valence-corrected chi connectivity index (χ4v) is 1.91. The van der Waals surface area contributed by atoms with Crippen molar-refractivity contribution in [2.75, 3.05) is 0 Å². The summed E-state index contributed by atoms with van der Waals surface area (Å²) in [4.78, 5) is 13.5. The average molecular weight is 235 g/mol. The maximum atomic E-state index is 11.5. The van der Waals surface area contributed by atoms with E-state index in [1.54, 1.807) is 19.9 Å². The molecule has 16 heavy (non-hydrogen) atoms. The molecule has 0 aliphatic heterocycles. The molecule has 1 aromatic rings. The number of aryl methyl sites for hydroxylation is 1. The van der Waals surface area contributed by atoms with E-state index in [4.69, 9.17) is 10.00 Å². The molecule has 0 bridgehead atoms. The van der Waals surface area contributed by atoms with E-state index in [0.717, 1.165) is 9.75 Å². The summed E-state index contributed by atoms with van der Waals surface area (Å²) < 4.78 is 4.96. The molecule has 0 fully saturated rings. The third-order valence-electron chi connectivity index (χ3n) is 1.73. The van der Waals surface area contributed by atoms with Gasteiger partial charge < -0.3 is 4.74 Å². The van der Waals surface area contributed by atoms with Crippen molar-refractivity contribution >= 4 is 23.4 Å². The van der Waals surface area contributed by atoms with Crippen LogP contribution in [0.25, 0.3) is 6.08 Å². The van der Waals surface area contributed by atoms with E-state index in [1.165, 1.54) is 11.3 Å². The number of ether oxygens (including phenoxy) is 1. The Balaban J connectivity index is 2.87. The minimum Gasteiger partial charge on any atom is -0.459 e. The number of nitriles is 1. The quantitative estimate of drug-likeness (QED) is 0.460. The topological polar surface area (TPSA) is 50.1 Å².